The molecule has 2 rings (SSSR count). The summed E-state index contributed by atoms with van der Waals surface area (Å²) in [6, 6.07) is 10.9. The van der Waals surface area contributed by atoms with Crippen molar-refractivity contribution in [1.29, 1.82) is 0 Å². The zero-order chi connectivity index (χ0) is 8.93. The smallest absolute Gasteiger partial charge is 1.00 e. The molecule has 0 nitrogen and oxygen atoms in total. The molecular formula is C11H10Cl2SZr. The van der Waals surface area contributed by atoms with Gasteiger partial charge >= 0.3 is 93.4 Å². The van der Waals surface area contributed by atoms with Crippen molar-refractivity contribution in [2.75, 3.05) is 0 Å². The summed E-state index contributed by atoms with van der Waals surface area (Å²) in [6.45, 7) is 0. The van der Waals surface area contributed by atoms with E-state index in [9.17, 15) is 0 Å². The molecule has 1 aliphatic rings. The summed E-state index contributed by atoms with van der Waals surface area (Å²) in [5, 5.41) is 0. The Morgan fingerprint density at radius 3 is 2.40 bits per heavy atom. The van der Waals surface area contributed by atoms with Crippen LogP contribution in [0.4, 0.5) is 0 Å². The van der Waals surface area contributed by atoms with Crippen molar-refractivity contribution in [3.63, 3.8) is 0 Å². The van der Waals surface area contributed by atoms with E-state index in [-0.39, 0.29) is 24.8 Å². The molecule has 0 spiro atoms. The van der Waals surface area contributed by atoms with Gasteiger partial charge in [-0.05, 0) is 0 Å². The van der Waals surface area contributed by atoms with E-state index in [1.54, 1.807) is 8.18 Å². The van der Waals surface area contributed by atoms with Gasteiger partial charge in [0.25, 0.3) is 0 Å². The molecule has 0 aliphatic heterocycles. The summed E-state index contributed by atoms with van der Waals surface area (Å²) >= 11 is -0.407. The van der Waals surface area contributed by atoms with Gasteiger partial charge in [-0.1, -0.05) is 0 Å². The second-order valence-electron chi connectivity index (χ2n) is 2.84. The van der Waals surface area contributed by atoms with Gasteiger partial charge in [0.15, 0.2) is 0 Å². The maximum Gasteiger partial charge on any atom is -1.00 e. The largest absolute Gasteiger partial charge is 1.00 e. The minimum atomic E-state index is -0.407. The average molecular weight is 336 g/mol. The second-order valence-corrected chi connectivity index (χ2v) is 8.20. The maximum atomic E-state index is 2.25. The van der Waals surface area contributed by atoms with E-state index in [1.807, 2.05) is 0 Å². The molecule has 0 heterocycles. The standard InChI is InChI=1S/C6H5.C5H6S.2ClH.Zr/c1-2-4-6-5-3-1;6-5-3-1-2-4-5;;;/h1-5H;1-3,6H,4H2;2*1H;/q;;;;+3/p-3. The first-order valence-corrected chi connectivity index (χ1v) is 9.34. The van der Waals surface area contributed by atoms with Crippen LogP contribution in [0.5, 0.6) is 0 Å². The van der Waals surface area contributed by atoms with Gasteiger partial charge < -0.3 is 24.8 Å². The van der Waals surface area contributed by atoms with Gasteiger partial charge in [0.05, 0.1) is 0 Å². The van der Waals surface area contributed by atoms with Crippen LogP contribution in [-0.4, -0.2) is 0 Å². The minimum Gasteiger partial charge on any atom is -1.00 e. The molecule has 4 heteroatoms. The Bertz CT molecular complexity index is 336. The number of hydrogen-bond acceptors (Lipinski definition) is 1. The molecule has 0 fully saturated rings. The molecule has 1 aliphatic carbocycles. The SMILES string of the molecule is C1=CCC([S][Zr+2][c]2ccccc2)=C1.[Cl-].[Cl-]. The number of allylic oxidation sites excluding steroid dienone is 4. The van der Waals surface area contributed by atoms with Gasteiger partial charge in [0, 0.05) is 0 Å². The molecule has 0 atom stereocenters. The predicted octanol–water partition coefficient (Wildman–Crippen LogP) is -3.11. The molecule has 0 N–H and O–H groups in total. The fourth-order valence-electron chi connectivity index (χ4n) is 1.13. The van der Waals surface area contributed by atoms with Crippen molar-refractivity contribution in [1.82, 2.24) is 0 Å². The van der Waals surface area contributed by atoms with Crippen molar-refractivity contribution in [3.05, 3.63) is 53.5 Å². The summed E-state index contributed by atoms with van der Waals surface area (Å²) in [5.74, 6) is 0. The molecule has 0 aromatic heterocycles. The molecule has 0 unspecified atom stereocenters. The Hall–Kier alpha value is 0.513. The first-order chi connectivity index (χ1) is 6.45. The third kappa shape index (κ3) is 5.40. The van der Waals surface area contributed by atoms with E-state index >= 15 is 0 Å². The summed E-state index contributed by atoms with van der Waals surface area (Å²) in [7, 11) is 2.11. The summed E-state index contributed by atoms with van der Waals surface area (Å²) < 4.78 is 1.57. The van der Waals surface area contributed by atoms with Gasteiger partial charge in [-0.3, -0.25) is 0 Å². The van der Waals surface area contributed by atoms with E-state index in [0.29, 0.717) is 0 Å². The van der Waals surface area contributed by atoms with Crippen LogP contribution in [0, 0.1) is 0 Å². The van der Waals surface area contributed by atoms with Crippen LogP contribution in [-0.2, 0) is 21.8 Å². The van der Waals surface area contributed by atoms with Gasteiger partial charge in [0.2, 0.25) is 0 Å². The van der Waals surface area contributed by atoms with E-state index in [1.165, 1.54) is 6.42 Å². The van der Waals surface area contributed by atoms with Crippen LogP contribution in [0.2, 0.25) is 0 Å². The molecule has 0 amide bonds. The normalized spacial score (nSPS) is 12.1. The molecule has 15 heavy (non-hydrogen) atoms. The van der Waals surface area contributed by atoms with Gasteiger partial charge in [-0.25, -0.2) is 0 Å². The van der Waals surface area contributed by atoms with Crippen LogP contribution in [0.25, 0.3) is 0 Å². The van der Waals surface area contributed by atoms with Crippen molar-refractivity contribution in [2.45, 2.75) is 6.42 Å². The Morgan fingerprint density at radius 1 is 1.07 bits per heavy atom. The quantitative estimate of drug-likeness (QED) is 0.563. The van der Waals surface area contributed by atoms with E-state index in [4.69, 9.17) is 0 Å². The molecule has 1 aromatic carbocycles. The van der Waals surface area contributed by atoms with Crippen LogP contribution in [0.1, 0.15) is 6.42 Å². The Balaban J connectivity index is 0.000000980. The topological polar surface area (TPSA) is 0 Å². The fraction of sp³-hybridized carbons (Fsp3) is 0.0909. The zero-order valence-electron chi connectivity index (χ0n) is 7.99. The number of halogens is 2. The summed E-state index contributed by atoms with van der Waals surface area (Å²) in [6.07, 6.45) is 7.80. The van der Waals surface area contributed by atoms with Crippen molar-refractivity contribution in [2.24, 2.45) is 0 Å². The number of rotatable bonds is 3. The Morgan fingerprint density at radius 2 is 1.80 bits per heavy atom. The van der Waals surface area contributed by atoms with E-state index in [0.717, 1.165) is 0 Å². The van der Waals surface area contributed by atoms with Crippen LogP contribution >= 0.6 is 8.52 Å². The third-order valence-electron chi connectivity index (χ3n) is 1.81. The molecule has 1 aromatic rings. The molecule has 0 radical (unpaired) electrons. The van der Waals surface area contributed by atoms with Gasteiger partial charge in [-0.15, -0.1) is 0 Å². The molecule has 0 saturated heterocycles. The van der Waals surface area contributed by atoms with Gasteiger partial charge in [-0.2, -0.15) is 0 Å². The predicted molar refractivity (Wildman–Crippen MR) is 55.5 cm³/mol. The van der Waals surface area contributed by atoms with Crippen LogP contribution in [0.3, 0.4) is 0 Å². The first kappa shape index (κ1) is 15.5. The molecule has 78 valence electrons. The van der Waals surface area contributed by atoms with Crippen molar-refractivity contribution >= 4 is 11.8 Å². The van der Waals surface area contributed by atoms with Crippen LogP contribution < -0.4 is 28.1 Å². The first-order valence-electron chi connectivity index (χ1n) is 4.29. The number of benzene rings is 1. The Labute approximate surface area is 117 Å². The average Bonchev–Trinajstić information content (AvgIpc) is 2.69. The summed E-state index contributed by atoms with van der Waals surface area (Å²) in [4.78, 5) is 1.55. The third-order valence-corrected chi connectivity index (χ3v) is 7.96. The minimum absolute atomic E-state index is 0. The van der Waals surface area contributed by atoms with E-state index < -0.39 is 21.8 Å². The van der Waals surface area contributed by atoms with Crippen LogP contribution in [0.15, 0.2) is 53.5 Å². The second kappa shape index (κ2) is 8.64. The van der Waals surface area contributed by atoms with E-state index in [2.05, 4.69) is 57.1 Å². The fourth-order valence-corrected chi connectivity index (χ4v) is 6.27. The number of hydrogen-bond donors (Lipinski definition) is 0. The van der Waals surface area contributed by atoms with Crippen molar-refractivity contribution in [3.8, 4) is 0 Å². The summed E-state index contributed by atoms with van der Waals surface area (Å²) in [5.41, 5.74) is 0. The van der Waals surface area contributed by atoms with Crippen molar-refractivity contribution < 1.29 is 46.6 Å². The van der Waals surface area contributed by atoms with Gasteiger partial charge in [0.1, 0.15) is 0 Å². The molecule has 0 bridgehead atoms. The Kier molecular flexibility index (Phi) is 8.94. The monoisotopic (exact) mass is 334 g/mol. The zero-order valence-corrected chi connectivity index (χ0v) is 12.8. The maximum absolute atomic E-state index is 2.25. The molecular weight excluding hydrogens is 326 g/mol. The molecule has 0 saturated carbocycles.